The van der Waals surface area contributed by atoms with Gasteiger partial charge in [0.15, 0.2) is 5.78 Å². The Bertz CT molecular complexity index is 677. The summed E-state index contributed by atoms with van der Waals surface area (Å²) in [6, 6.07) is 0. The highest BCUT2D eigenvalue weighted by atomic mass is 16.1. The monoisotopic (exact) mass is 282 g/mol. The Kier molecular flexibility index (Phi) is 4.67. The minimum atomic E-state index is -0.230. The van der Waals surface area contributed by atoms with Crippen molar-refractivity contribution in [1.29, 1.82) is 0 Å². The van der Waals surface area contributed by atoms with E-state index in [9.17, 15) is 9.59 Å². The van der Waals surface area contributed by atoms with Crippen LogP contribution in [0.4, 0.5) is 0 Å². The van der Waals surface area contributed by atoms with Crippen molar-refractivity contribution < 1.29 is 14.4 Å². The van der Waals surface area contributed by atoms with E-state index in [2.05, 4.69) is 16.6 Å². The molecule has 0 saturated carbocycles. The van der Waals surface area contributed by atoms with Gasteiger partial charge in [-0.05, 0) is 45.4 Å². The summed E-state index contributed by atoms with van der Waals surface area (Å²) in [6.45, 7) is 3.07. The zero-order chi connectivity index (χ0) is 15.4. The van der Waals surface area contributed by atoms with Crippen molar-refractivity contribution in [2.24, 2.45) is 0 Å². The fourth-order valence-corrected chi connectivity index (χ4v) is 2.82. The molecule has 2 aliphatic rings. The Morgan fingerprint density at radius 1 is 0.952 bits per heavy atom. The number of carbonyl (C=O) groups excluding carboxylic acids is 2. The summed E-state index contributed by atoms with van der Waals surface area (Å²) >= 11 is 0. The third-order valence-corrected chi connectivity index (χ3v) is 3.98. The van der Waals surface area contributed by atoms with E-state index in [1.54, 1.807) is 6.92 Å². The van der Waals surface area contributed by atoms with E-state index in [-0.39, 0.29) is 17.3 Å². The van der Waals surface area contributed by atoms with E-state index in [1.807, 2.05) is 0 Å². The van der Waals surface area contributed by atoms with Crippen LogP contribution in [-0.2, 0) is 9.59 Å². The van der Waals surface area contributed by atoms with Gasteiger partial charge in [-0.3, -0.25) is 9.59 Å². The first kappa shape index (κ1) is 15.2. The summed E-state index contributed by atoms with van der Waals surface area (Å²) in [4.78, 5) is 26.6. The van der Waals surface area contributed by atoms with Gasteiger partial charge in [0.1, 0.15) is 0 Å². The molecule has 0 N–H and O–H groups in total. The zero-order valence-corrected chi connectivity index (χ0v) is 12.5. The molecule has 0 radical (unpaired) electrons. The van der Waals surface area contributed by atoms with Crippen LogP contribution in [0, 0.1) is 11.8 Å². The fraction of sp³-hybridized carbons (Fsp3) is 0.471. The molecule has 0 aromatic rings. The van der Waals surface area contributed by atoms with Crippen LogP contribution in [0.15, 0.2) is 22.3 Å². The molecule has 0 aromatic carbocycles. The molecule has 0 bridgehead atoms. The van der Waals surface area contributed by atoms with Gasteiger partial charge in [-0.1, -0.05) is 11.8 Å². The number of hydrogen-bond acceptors (Lipinski definition) is 2. The van der Waals surface area contributed by atoms with E-state index in [0.717, 1.165) is 48.8 Å². The van der Waals surface area contributed by atoms with E-state index in [0.29, 0.717) is 12.0 Å². The van der Waals surface area contributed by atoms with Crippen molar-refractivity contribution in [3.63, 3.8) is 0 Å². The third-order valence-electron chi connectivity index (χ3n) is 3.98. The van der Waals surface area contributed by atoms with E-state index < -0.39 is 0 Å². The Morgan fingerprint density at radius 2 is 1.48 bits per heavy atom. The molecule has 0 fully saturated rings. The second kappa shape index (κ2) is 6.47. The summed E-state index contributed by atoms with van der Waals surface area (Å²) < 4.78 is 0. The first-order chi connectivity index (χ1) is 10.0. The normalized spacial score (nSPS) is 17.4. The van der Waals surface area contributed by atoms with E-state index >= 15 is 0 Å². The van der Waals surface area contributed by atoms with Gasteiger partial charge >= 0.3 is 5.71 Å². The highest BCUT2D eigenvalue weighted by Crippen LogP contribution is 2.28. The van der Waals surface area contributed by atoms with Gasteiger partial charge in [0.25, 0.3) is 5.78 Å². The maximum absolute atomic E-state index is 12.1. The lowest BCUT2D eigenvalue weighted by molar-refractivity contribution is -0.114. The van der Waals surface area contributed by atoms with Crippen molar-refractivity contribution in [1.82, 2.24) is 0 Å². The van der Waals surface area contributed by atoms with Crippen molar-refractivity contribution in [3.05, 3.63) is 27.8 Å². The number of allylic oxidation sites excluding steroid dienone is 4. The first-order valence-electron chi connectivity index (χ1n) is 7.25. The Morgan fingerprint density at radius 3 is 2.00 bits per heavy atom. The molecule has 108 valence electrons. The molecule has 2 rings (SSSR count). The highest BCUT2D eigenvalue weighted by Gasteiger charge is 2.25. The van der Waals surface area contributed by atoms with Gasteiger partial charge in [0.2, 0.25) is 0 Å². The van der Waals surface area contributed by atoms with E-state index in [4.69, 9.17) is 5.53 Å². The molecule has 4 heteroatoms. The van der Waals surface area contributed by atoms with Crippen LogP contribution >= 0.6 is 0 Å². The minimum absolute atomic E-state index is 0.0932. The van der Waals surface area contributed by atoms with Gasteiger partial charge in [-0.2, -0.15) is 4.79 Å². The number of carbonyl (C=O) groups is 2. The van der Waals surface area contributed by atoms with Crippen LogP contribution < -0.4 is 0 Å². The number of nitrogens with zero attached hydrogens (tertiary/aromatic N) is 2. The summed E-state index contributed by atoms with van der Waals surface area (Å²) in [5.41, 5.74) is 12.0. The molecule has 0 saturated heterocycles. The third kappa shape index (κ3) is 3.26. The largest absolute Gasteiger partial charge is 0.361 e. The number of hydrogen-bond donors (Lipinski definition) is 0. The molecule has 0 amide bonds. The minimum Gasteiger partial charge on any atom is -0.361 e. The number of rotatable bonds is 3. The smallest absolute Gasteiger partial charge is 0.335 e. The maximum atomic E-state index is 12.1. The van der Waals surface area contributed by atoms with Gasteiger partial charge in [-0.15, -0.1) is 0 Å². The van der Waals surface area contributed by atoms with Crippen LogP contribution in [0.5, 0.6) is 0 Å². The predicted octanol–water partition coefficient (Wildman–Crippen LogP) is 2.80. The molecule has 0 aromatic heterocycles. The first-order valence-corrected chi connectivity index (χ1v) is 7.25. The lowest BCUT2D eigenvalue weighted by Crippen LogP contribution is -2.13. The van der Waals surface area contributed by atoms with Crippen LogP contribution in [0.2, 0.25) is 0 Å². The Labute approximate surface area is 124 Å². The predicted molar refractivity (Wildman–Crippen MR) is 79.5 cm³/mol. The molecule has 0 unspecified atom stereocenters. The van der Waals surface area contributed by atoms with Crippen molar-refractivity contribution >= 4 is 17.3 Å². The van der Waals surface area contributed by atoms with Crippen LogP contribution in [0.3, 0.4) is 0 Å². The highest BCUT2D eigenvalue weighted by molar-refractivity contribution is 6.43. The standard InChI is InChI=1S/C17H18N2O2/c1-11(19-18)17(21)16-8-4-6-14(16)10-9-13-5-3-7-15(13)12(2)20/h3-8H2,1-2H3. The zero-order valence-electron chi connectivity index (χ0n) is 12.5. The second-order valence-corrected chi connectivity index (χ2v) is 5.44. The molecule has 4 nitrogen and oxygen atoms in total. The lowest BCUT2D eigenvalue weighted by Gasteiger charge is -1.97. The van der Waals surface area contributed by atoms with E-state index in [1.165, 1.54) is 6.92 Å². The van der Waals surface area contributed by atoms with Crippen molar-refractivity contribution in [2.75, 3.05) is 0 Å². The fourth-order valence-electron chi connectivity index (χ4n) is 2.82. The molecule has 0 spiro atoms. The summed E-state index contributed by atoms with van der Waals surface area (Å²) in [6.07, 6.45) is 4.96. The van der Waals surface area contributed by atoms with Gasteiger partial charge in [-0.25, -0.2) is 0 Å². The van der Waals surface area contributed by atoms with Crippen LogP contribution in [0.1, 0.15) is 52.4 Å². The summed E-state index contributed by atoms with van der Waals surface area (Å²) in [7, 11) is 0. The molecular weight excluding hydrogens is 264 g/mol. The van der Waals surface area contributed by atoms with Gasteiger partial charge in [0.05, 0.1) is 0 Å². The number of Topliss-reactive ketones (excluding diaryl/α,β-unsaturated/α-hetero) is 2. The van der Waals surface area contributed by atoms with Crippen LogP contribution in [-0.4, -0.2) is 22.1 Å². The molecule has 21 heavy (non-hydrogen) atoms. The Balaban J connectivity index is 2.33. The van der Waals surface area contributed by atoms with Crippen molar-refractivity contribution in [3.8, 4) is 11.8 Å². The topological polar surface area (TPSA) is 70.5 Å². The molecular formula is C17H18N2O2. The number of ketones is 2. The van der Waals surface area contributed by atoms with Gasteiger partial charge in [0, 0.05) is 29.2 Å². The molecule has 0 heterocycles. The SMILES string of the molecule is CC(=O)C1=C(C#CC2=C(C(=O)C(C)=[N+]=[N-])CCC2)CCC1. The molecule has 0 atom stereocenters. The summed E-state index contributed by atoms with van der Waals surface area (Å²) in [5, 5.41) is 0. The van der Waals surface area contributed by atoms with Crippen molar-refractivity contribution in [2.45, 2.75) is 52.4 Å². The quantitative estimate of drug-likeness (QED) is 0.345. The maximum Gasteiger partial charge on any atom is 0.335 e. The molecule has 0 aliphatic heterocycles. The van der Waals surface area contributed by atoms with Crippen LogP contribution in [0.25, 0.3) is 5.53 Å². The molecule has 2 aliphatic carbocycles. The Hall–Kier alpha value is -2.24. The second-order valence-electron chi connectivity index (χ2n) is 5.44. The van der Waals surface area contributed by atoms with Gasteiger partial charge < -0.3 is 5.53 Å². The lowest BCUT2D eigenvalue weighted by atomic mass is 10.0. The summed E-state index contributed by atoms with van der Waals surface area (Å²) in [5.74, 6) is 6.04. The average molecular weight is 282 g/mol. The average Bonchev–Trinajstić information content (AvgIpc) is 3.11.